The third-order valence-electron chi connectivity index (χ3n) is 2.54. The average molecular weight is 182 g/mol. The molecule has 2 unspecified atom stereocenters. The molecule has 1 nitrogen and oxygen atoms in total. The van der Waals surface area contributed by atoms with Crippen LogP contribution >= 0.6 is 12.6 Å². The highest BCUT2D eigenvalue weighted by molar-refractivity contribution is 7.81. The highest BCUT2D eigenvalue weighted by atomic mass is 32.1. The van der Waals surface area contributed by atoms with Crippen molar-refractivity contribution < 1.29 is 4.74 Å². The number of allylic oxidation sites excluding steroid dienone is 3. The maximum absolute atomic E-state index is 5.39. The smallest absolute Gasteiger partial charge is 0.0603 e. The van der Waals surface area contributed by atoms with Crippen LogP contribution in [0.1, 0.15) is 12.8 Å². The summed E-state index contributed by atoms with van der Waals surface area (Å²) < 4.78 is 5.39. The van der Waals surface area contributed by atoms with Crippen molar-refractivity contribution in [2.75, 3.05) is 6.61 Å². The maximum Gasteiger partial charge on any atom is 0.0603 e. The van der Waals surface area contributed by atoms with Gasteiger partial charge in [0.15, 0.2) is 0 Å². The van der Waals surface area contributed by atoms with Crippen molar-refractivity contribution in [1.82, 2.24) is 0 Å². The molecule has 0 saturated carbocycles. The largest absolute Gasteiger partial charge is 0.378 e. The first-order valence-electron chi connectivity index (χ1n) is 4.51. The second kappa shape index (κ2) is 3.67. The molecule has 0 aromatic carbocycles. The van der Waals surface area contributed by atoms with Gasteiger partial charge in [0.25, 0.3) is 0 Å². The van der Waals surface area contributed by atoms with Gasteiger partial charge in [-0.1, -0.05) is 24.3 Å². The highest BCUT2D eigenvalue weighted by Crippen LogP contribution is 2.27. The van der Waals surface area contributed by atoms with Crippen LogP contribution in [0.2, 0.25) is 0 Å². The molecule has 12 heavy (non-hydrogen) atoms. The molecule has 1 aliphatic heterocycles. The summed E-state index contributed by atoms with van der Waals surface area (Å²) in [5.41, 5.74) is 0. The van der Waals surface area contributed by atoms with Gasteiger partial charge in [0, 0.05) is 11.9 Å². The first-order valence-corrected chi connectivity index (χ1v) is 5.02. The van der Waals surface area contributed by atoms with Crippen molar-refractivity contribution in [3.63, 3.8) is 0 Å². The molecule has 0 N–H and O–H groups in total. The molecule has 1 heterocycles. The summed E-state index contributed by atoms with van der Waals surface area (Å²) in [5.74, 6) is 0.573. The Morgan fingerprint density at radius 2 is 2.08 bits per heavy atom. The lowest BCUT2D eigenvalue weighted by molar-refractivity contribution is -0.0595. The van der Waals surface area contributed by atoms with Crippen molar-refractivity contribution in [2.24, 2.45) is 5.92 Å². The average Bonchev–Trinajstić information content (AvgIpc) is 2.00. The third-order valence-corrected chi connectivity index (χ3v) is 3.10. The number of hydrogen-bond donors (Lipinski definition) is 1. The fourth-order valence-electron chi connectivity index (χ4n) is 1.63. The van der Waals surface area contributed by atoms with Gasteiger partial charge in [0.2, 0.25) is 0 Å². The van der Waals surface area contributed by atoms with Crippen molar-refractivity contribution in [3.8, 4) is 0 Å². The van der Waals surface area contributed by atoms with Gasteiger partial charge < -0.3 is 4.74 Å². The summed E-state index contributed by atoms with van der Waals surface area (Å²) in [5, 5.41) is 0.388. The lowest BCUT2D eigenvalue weighted by atomic mass is 9.91. The van der Waals surface area contributed by atoms with E-state index in [2.05, 4.69) is 36.9 Å². The molecule has 0 aromatic rings. The summed E-state index contributed by atoms with van der Waals surface area (Å²) in [7, 11) is 0. The van der Waals surface area contributed by atoms with Gasteiger partial charge in [-0.25, -0.2) is 0 Å². The van der Waals surface area contributed by atoms with E-state index in [4.69, 9.17) is 4.74 Å². The van der Waals surface area contributed by atoms with E-state index in [1.54, 1.807) is 0 Å². The van der Waals surface area contributed by atoms with Crippen LogP contribution in [-0.4, -0.2) is 18.0 Å². The summed E-state index contributed by atoms with van der Waals surface area (Å²) in [6.45, 7) is 0.953. The Morgan fingerprint density at radius 1 is 1.33 bits per heavy atom. The van der Waals surface area contributed by atoms with E-state index in [0.29, 0.717) is 17.3 Å². The number of rotatable bonds is 2. The molecule has 0 spiro atoms. The van der Waals surface area contributed by atoms with Crippen LogP contribution in [0.5, 0.6) is 0 Å². The summed E-state index contributed by atoms with van der Waals surface area (Å²) in [4.78, 5) is 0. The quantitative estimate of drug-likeness (QED) is 0.644. The van der Waals surface area contributed by atoms with Gasteiger partial charge in [-0.2, -0.15) is 12.6 Å². The molecule has 2 aliphatic rings. The van der Waals surface area contributed by atoms with Gasteiger partial charge in [-0.05, 0) is 18.8 Å². The standard InChI is InChI=1S/C10H14OS/c12-10-4-2-1-3-8(10)7-9-5-6-11-9/h1-4,8-10,12H,5-7H2/t8-,9?,10?/m1/s1. The third kappa shape index (κ3) is 1.75. The first kappa shape index (κ1) is 8.39. The Labute approximate surface area is 78.9 Å². The van der Waals surface area contributed by atoms with Gasteiger partial charge in [0.1, 0.15) is 0 Å². The fourth-order valence-corrected chi connectivity index (χ4v) is 1.95. The molecule has 2 rings (SSSR count). The van der Waals surface area contributed by atoms with E-state index in [1.807, 2.05) is 0 Å². The number of ether oxygens (including phenoxy) is 1. The predicted octanol–water partition coefficient (Wildman–Crippen LogP) is 2.21. The molecule has 0 radical (unpaired) electrons. The molecule has 1 saturated heterocycles. The van der Waals surface area contributed by atoms with E-state index in [9.17, 15) is 0 Å². The summed E-state index contributed by atoms with van der Waals surface area (Å²) in [6.07, 6.45) is 11.4. The second-order valence-corrected chi connectivity index (χ2v) is 4.04. The van der Waals surface area contributed by atoms with Crippen molar-refractivity contribution in [2.45, 2.75) is 24.2 Å². The van der Waals surface area contributed by atoms with Crippen LogP contribution in [0, 0.1) is 5.92 Å². The Morgan fingerprint density at radius 3 is 2.67 bits per heavy atom. The molecule has 0 aromatic heterocycles. The molecule has 3 atom stereocenters. The number of thiol groups is 1. The monoisotopic (exact) mass is 182 g/mol. The van der Waals surface area contributed by atoms with Crippen LogP contribution in [0.4, 0.5) is 0 Å². The minimum atomic E-state index is 0.388. The van der Waals surface area contributed by atoms with Gasteiger partial charge in [0.05, 0.1) is 6.10 Å². The molecule has 2 heteroatoms. The molecular formula is C10H14OS. The Kier molecular flexibility index (Phi) is 2.57. The number of hydrogen-bond acceptors (Lipinski definition) is 2. The Hall–Kier alpha value is -0.210. The molecular weight excluding hydrogens is 168 g/mol. The zero-order valence-electron chi connectivity index (χ0n) is 7.02. The first-order chi connectivity index (χ1) is 5.86. The van der Waals surface area contributed by atoms with E-state index in [1.165, 1.54) is 6.42 Å². The molecule has 0 bridgehead atoms. The zero-order valence-corrected chi connectivity index (χ0v) is 7.91. The van der Waals surface area contributed by atoms with Crippen LogP contribution in [-0.2, 0) is 4.74 Å². The lowest BCUT2D eigenvalue weighted by Crippen LogP contribution is -2.31. The van der Waals surface area contributed by atoms with Crippen LogP contribution < -0.4 is 0 Å². The van der Waals surface area contributed by atoms with E-state index < -0.39 is 0 Å². The summed E-state index contributed by atoms with van der Waals surface area (Å²) in [6, 6.07) is 0. The molecule has 1 fully saturated rings. The van der Waals surface area contributed by atoms with Crippen LogP contribution in [0.3, 0.4) is 0 Å². The Balaban J connectivity index is 1.86. The van der Waals surface area contributed by atoms with Crippen molar-refractivity contribution in [1.29, 1.82) is 0 Å². The minimum Gasteiger partial charge on any atom is -0.378 e. The van der Waals surface area contributed by atoms with Crippen molar-refractivity contribution >= 4 is 12.6 Å². The van der Waals surface area contributed by atoms with Crippen molar-refractivity contribution in [3.05, 3.63) is 24.3 Å². The van der Waals surface area contributed by atoms with E-state index in [-0.39, 0.29) is 0 Å². The van der Waals surface area contributed by atoms with Gasteiger partial charge in [-0.15, -0.1) is 0 Å². The van der Waals surface area contributed by atoms with Crippen LogP contribution in [0.15, 0.2) is 24.3 Å². The second-order valence-electron chi connectivity index (χ2n) is 3.44. The zero-order chi connectivity index (χ0) is 8.39. The fraction of sp³-hybridized carbons (Fsp3) is 0.600. The van der Waals surface area contributed by atoms with E-state index >= 15 is 0 Å². The highest BCUT2D eigenvalue weighted by Gasteiger charge is 2.24. The SMILES string of the molecule is SC1C=CC=C[C@@H]1CC1CCO1. The molecule has 0 amide bonds. The van der Waals surface area contributed by atoms with Gasteiger partial charge in [-0.3, -0.25) is 0 Å². The van der Waals surface area contributed by atoms with Crippen LogP contribution in [0.25, 0.3) is 0 Å². The minimum absolute atomic E-state index is 0.388. The molecule has 66 valence electrons. The maximum atomic E-state index is 5.39. The lowest BCUT2D eigenvalue weighted by Gasteiger charge is -2.31. The van der Waals surface area contributed by atoms with Gasteiger partial charge >= 0.3 is 0 Å². The Bertz CT molecular complexity index is 206. The molecule has 1 aliphatic carbocycles. The topological polar surface area (TPSA) is 9.23 Å². The predicted molar refractivity (Wildman–Crippen MR) is 53.5 cm³/mol. The van der Waals surface area contributed by atoms with E-state index in [0.717, 1.165) is 13.0 Å². The summed E-state index contributed by atoms with van der Waals surface area (Å²) >= 11 is 4.50. The normalized spacial score (nSPS) is 39.6.